The second-order valence-corrected chi connectivity index (χ2v) is 7.42. The molecule has 156 valence electrons. The van der Waals surface area contributed by atoms with Crippen LogP contribution in [0.5, 0.6) is 5.75 Å². The van der Waals surface area contributed by atoms with Crippen LogP contribution >= 0.6 is 0 Å². The Balaban J connectivity index is 1.36. The summed E-state index contributed by atoms with van der Waals surface area (Å²) in [5, 5.41) is 11.7. The van der Waals surface area contributed by atoms with Crippen molar-refractivity contribution in [3.8, 4) is 5.75 Å². The summed E-state index contributed by atoms with van der Waals surface area (Å²) in [5.74, 6) is 2.22. The molecule has 0 radical (unpaired) electrons. The minimum absolute atomic E-state index is 0.00753. The number of rotatable bonds is 6. The van der Waals surface area contributed by atoms with Gasteiger partial charge in [-0.05, 0) is 54.6 Å². The maximum absolute atomic E-state index is 13.0. The normalized spacial score (nSPS) is 14.2. The highest BCUT2D eigenvalue weighted by atomic mass is 16.5. The van der Waals surface area contributed by atoms with Gasteiger partial charge in [0.15, 0.2) is 5.82 Å². The SMILES string of the molecule is CC(C)n1nnnc1COc1cccc(C(=O)N2CCN(c3ccccn3)CC2)c1. The van der Waals surface area contributed by atoms with Gasteiger partial charge in [0.05, 0.1) is 6.04 Å². The van der Waals surface area contributed by atoms with Crippen LogP contribution in [0, 0.1) is 0 Å². The molecule has 3 heterocycles. The molecule has 1 saturated heterocycles. The molecule has 0 bridgehead atoms. The molecule has 1 aliphatic heterocycles. The van der Waals surface area contributed by atoms with Crippen molar-refractivity contribution in [1.29, 1.82) is 0 Å². The van der Waals surface area contributed by atoms with Gasteiger partial charge >= 0.3 is 0 Å². The summed E-state index contributed by atoms with van der Waals surface area (Å²) < 4.78 is 7.56. The number of ether oxygens (including phenoxy) is 1. The lowest BCUT2D eigenvalue weighted by Gasteiger charge is -2.35. The van der Waals surface area contributed by atoms with E-state index in [2.05, 4.69) is 25.4 Å². The van der Waals surface area contributed by atoms with Crippen LogP contribution < -0.4 is 9.64 Å². The molecule has 3 aromatic rings. The van der Waals surface area contributed by atoms with Crippen LogP contribution in [0.1, 0.15) is 36.1 Å². The first kappa shape index (κ1) is 19.8. The zero-order valence-corrected chi connectivity index (χ0v) is 17.2. The van der Waals surface area contributed by atoms with E-state index in [9.17, 15) is 4.79 Å². The smallest absolute Gasteiger partial charge is 0.254 e. The van der Waals surface area contributed by atoms with Crippen molar-refractivity contribution >= 4 is 11.7 Å². The Morgan fingerprint density at radius 1 is 1.10 bits per heavy atom. The zero-order valence-electron chi connectivity index (χ0n) is 17.2. The number of nitrogens with zero attached hydrogens (tertiary/aromatic N) is 7. The van der Waals surface area contributed by atoms with Crippen LogP contribution in [-0.4, -0.2) is 62.2 Å². The number of anilines is 1. The fraction of sp³-hybridized carbons (Fsp3) is 0.381. The van der Waals surface area contributed by atoms with Gasteiger partial charge in [0.25, 0.3) is 5.91 Å². The monoisotopic (exact) mass is 407 g/mol. The van der Waals surface area contributed by atoms with E-state index in [1.54, 1.807) is 16.9 Å². The average molecular weight is 407 g/mol. The fourth-order valence-electron chi connectivity index (χ4n) is 3.44. The molecule has 0 saturated carbocycles. The molecule has 4 rings (SSSR count). The van der Waals surface area contributed by atoms with Crippen molar-refractivity contribution < 1.29 is 9.53 Å². The number of tetrazole rings is 1. The van der Waals surface area contributed by atoms with Crippen LogP contribution in [0.2, 0.25) is 0 Å². The summed E-state index contributed by atoms with van der Waals surface area (Å²) in [6.07, 6.45) is 1.79. The minimum Gasteiger partial charge on any atom is -0.486 e. The molecule has 1 aliphatic rings. The number of carbonyl (C=O) groups excluding carboxylic acids is 1. The molecular formula is C21H25N7O2. The van der Waals surface area contributed by atoms with Crippen molar-refractivity contribution in [1.82, 2.24) is 30.1 Å². The third kappa shape index (κ3) is 4.40. The predicted molar refractivity (Wildman–Crippen MR) is 111 cm³/mol. The lowest BCUT2D eigenvalue weighted by molar-refractivity contribution is 0.0746. The number of benzene rings is 1. The molecule has 2 aromatic heterocycles. The number of piperazine rings is 1. The Labute approximate surface area is 175 Å². The van der Waals surface area contributed by atoms with Gasteiger partial charge in [-0.1, -0.05) is 12.1 Å². The first-order valence-electron chi connectivity index (χ1n) is 10.1. The summed E-state index contributed by atoms with van der Waals surface area (Å²) in [6.45, 7) is 7.09. The molecule has 9 nitrogen and oxygen atoms in total. The first-order chi connectivity index (χ1) is 14.6. The van der Waals surface area contributed by atoms with Gasteiger partial charge in [-0.2, -0.15) is 0 Å². The Hall–Kier alpha value is -3.49. The van der Waals surface area contributed by atoms with Crippen LogP contribution in [0.25, 0.3) is 0 Å². The maximum atomic E-state index is 13.0. The van der Waals surface area contributed by atoms with Crippen LogP contribution in [0.4, 0.5) is 5.82 Å². The van der Waals surface area contributed by atoms with E-state index in [0.717, 1.165) is 18.9 Å². The minimum atomic E-state index is 0.00753. The Kier molecular flexibility index (Phi) is 5.87. The lowest BCUT2D eigenvalue weighted by Crippen LogP contribution is -2.49. The van der Waals surface area contributed by atoms with E-state index in [1.165, 1.54) is 0 Å². The van der Waals surface area contributed by atoms with Gasteiger partial charge in [-0.15, -0.1) is 5.10 Å². The molecule has 0 aliphatic carbocycles. The molecule has 30 heavy (non-hydrogen) atoms. The molecular weight excluding hydrogens is 382 g/mol. The highest BCUT2D eigenvalue weighted by Crippen LogP contribution is 2.19. The van der Waals surface area contributed by atoms with Crippen molar-refractivity contribution in [2.45, 2.75) is 26.5 Å². The van der Waals surface area contributed by atoms with Crippen LogP contribution in [0.3, 0.4) is 0 Å². The van der Waals surface area contributed by atoms with Gasteiger partial charge in [-0.3, -0.25) is 4.79 Å². The molecule has 1 aromatic carbocycles. The van der Waals surface area contributed by atoms with Crippen molar-refractivity contribution in [2.24, 2.45) is 0 Å². The highest BCUT2D eigenvalue weighted by molar-refractivity contribution is 5.94. The van der Waals surface area contributed by atoms with E-state index in [-0.39, 0.29) is 18.6 Å². The first-order valence-corrected chi connectivity index (χ1v) is 10.1. The standard InChI is InChI=1S/C21H25N7O2/c1-16(2)28-20(23-24-25-28)15-30-18-7-5-6-17(14-18)21(29)27-12-10-26(11-13-27)19-8-3-4-9-22-19/h3-9,14,16H,10-13,15H2,1-2H3. The number of carbonyl (C=O) groups is 1. The summed E-state index contributed by atoms with van der Waals surface area (Å²) in [5.41, 5.74) is 0.613. The maximum Gasteiger partial charge on any atom is 0.254 e. The highest BCUT2D eigenvalue weighted by Gasteiger charge is 2.23. The van der Waals surface area contributed by atoms with E-state index in [1.807, 2.05) is 55.1 Å². The topological polar surface area (TPSA) is 89.3 Å². The lowest BCUT2D eigenvalue weighted by atomic mass is 10.1. The van der Waals surface area contributed by atoms with Gasteiger partial charge < -0.3 is 14.5 Å². The molecule has 1 amide bonds. The average Bonchev–Trinajstić information content (AvgIpc) is 3.27. The van der Waals surface area contributed by atoms with E-state index in [0.29, 0.717) is 30.2 Å². The third-order valence-electron chi connectivity index (χ3n) is 5.04. The Bertz CT molecular complexity index is 982. The number of aromatic nitrogens is 5. The van der Waals surface area contributed by atoms with Gasteiger partial charge in [0, 0.05) is 37.9 Å². The Morgan fingerprint density at radius 2 is 1.93 bits per heavy atom. The van der Waals surface area contributed by atoms with Crippen molar-refractivity contribution in [3.63, 3.8) is 0 Å². The number of amides is 1. The number of hydrogen-bond donors (Lipinski definition) is 0. The molecule has 0 spiro atoms. The second kappa shape index (κ2) is 8.89. The summed E-state index contributed by atoms with van der Waals surface area (Å²) in [6, 6.07) is 13.3. The third-order valence-corrected chi connectivity index (χ3v) is 5.04. The largest absolute Gasteiger partial charge is 0.486 e. The number of pyridine rings is 1. The number of hydrogen-bond acceptors (Lipinski definition) is 7. The van der Waals surface area contributed by atoms with Crippen molar-refractivity contribution in [3.05, 3.63) is 60.0 Å². The Morgan fingerprint density at radius 3 is 2.67 bits per heavy atom. The molecule has 0 N–H and O–H groups in total. The van der Waals surface area contributed by atoms with Gasteiger partial charge in [0.1, 0.15) is 18.2 Å². The van der Waals surface area contributed by atoms with E-state index >= 15 is 0 Å². The van der Waals surface area contributed by atoms with Crippen molar-refractivity contribution in [2.75, 3.05) is 31.1 Å². The molecule has 0 atom stereocenters. The molecule has 9 heteroatoms. The van der Waals surface area contributed by atoms with E-state index < -0.39 is 0 Å². The summed E-state index contributed by atoms with van der Waals surface area (Å²) in [7, 11) is 0. The predicted octanol–water partition coefficient (Wildman–Crippen LogP) is 2.19. The van der Waals surface area contributed by atoms with Crippen LogP contribution in [0.15, 0.2) is 48.7 Å². The second-order valence-electron chi connectivity index (χ2n) is 7.42. The van der Waals surface area contributed by atoms with Gasteiger partial charge in [-0.25, -0.2) is 9.67 Å². The summed E-state index contributed by atoms with van der Waals surface area (Å²) >= 11 is 0. The molecule has 1 fully saturated rings. The van der Waals surface area contributed by atoms with Crippen LogP contribution in [-0.2, 0) is 6.61 Å². The fourth-order valence-corrected chi connectivity index (χ4v) is 3.44. The van der Waals surface area contributed by atoms with Gasteiger partial charge in [0.2, 0.25) is 0 Å². The quantitative estimate of drug-likeness (QED) is 0.619. The summed E-state index contributed by atoms with van der Waals surface area (Å²) in [4.78, 5) is 21.4. The zero-order chi connectivity index (χ0) is 20.9. The molecule has 0 unspecified atom stereocenters. The van der Waals surface area contributed by atoms with E-state index in [4.69, 9.17) is 4.74 Å².